The minimum atomic E-state index is -0.182. The molecular weight excluding hydrogens is 258 g/mol. The summed E-state index contributed by atoms with van der Waals surface area (Å²) < 4.78 is 13.9. The van der Waals surface area contributed by atoms with Crippen molar-refractivity contribution >= 4 is 19.4 Å². The molecule has 1 fully saturated rings. The van der Waals surface area contributed by atoms with E-state index in [9.17, 15) is 9.50 Å². The number of aliphatic hydroxyl groups excluding tert-OH is 1. The van der Waals surface area contributed by atoms with Crippen LogP contribution in [-0.2, 0) is 0 Å². The van der Waals surface area contributed by atoms with Gasteiger partial charge in [0.25, 0.3) is 0 Å². The van der Waals surface area contributed by atoms with E-state index in [0.717, 1.165) is 19.3 Å². The van der Waals surface area contributed by atoms with E-state index in [2.05, 4.69) is 0 Å². The number of halogens is 1. The first-order chi connectivity index (χ1) is 7.25. The van der Waals surface area contributed by atoms with E-state index in [-0.39, 0.29) is 26.9 Å². The number of rotatable bonds is 2. The van der Waals surface area contributed by atoms with Crippen molar-refractivity contribution in [3.05, 3.63) is 30.1 Å². The molecule has 0 radical (unpaired) electrons. The van der Waals surface area contributed by atoms with Gasteiger partial charge in [-0.25, -0.2) is 0 Å². The Labute approximate surface area is 95.9 Å². The summed E-state index contributed by atoms with van der Waals surface area (Å²) in [6, 6.07) is 6.70. The van der Waals surface area contributed by atoms with Crippen LogP contribution in [0.25, 0.3) is 0 Å². The van der Waals surface area contributed by atoms with Crippen molar-refractivity contribution in [1.82, 2.24) is 0 Å². The topological polar surface area (TPSA) is 20.2 Å². The van der Waals surface area contributed by atoms with Crippen LogP contribution in [0.4, 0.5) is 4.39 Å². The van der Waals surface area contributed by atoms with Crippen molar-refractivity contribution in [3.63, 3.8) is 0 Å². The third-order valence-electron chi connectivity index (χ3n) is 2.77. The van der Waals surface area contributed by atoms with Crippen LogP contribution < -0.4 is 4.46 Å². The van der Waals surface area contributed by atoms with E-state index in [1.807, 2.05) is 12.1 Å². The van der Waals surface area contributed by atoms with Crippen LogP contribution in [0, 0.1) is 5.82 Å². The van der Waals surface area contributed by atoms with E-state index in [4.69, 9.17) is 0 Å². The van der Waals surface area contributed by atoms with Gasteiger partial charge in [-0.1, -0.05) is 0 Å². The average molecular weight is 273 g/mol. The SMILES string of the molecule is O[C@H]1CCCC[C@@H]1[Se]c1ccc(F)cc1. The summed E-state index contributed by atoms with van der Waals surface area (Å²) in [6.45, 7) is 0. The van der Waals surface area contributed by atoms with Crippen molar-refractivity contribution in [1.29, 1.82) is 0 Å². The number of hydrogen-bond donors (Lipinski definition) is 1. The predicted molar refractivity (Wildman–Crippen MR) is 60.0 cm³/mol. The molecule has 0 spiro atoms. The van der Waals surface area contributed by atoms with Crippen molar-refractivity contribution < 1.29 is 9.50 Å². The van der Waals surface area contributed by atoms with Crippen LogP contribution in [0.3, 0.4) is 0 Å². The molecule has 1 aliphatic rings. The summed E-state index contributed by atoms with van der Waals surface area (Å²) in [5.74, 6) is -0.182. The van der Waals surface area contributed by atoms with Gasteiger partial charge in [0.1, 0.15) is 0 Å². The van der Waals surface area contributed by atoms with Gasteiger partial charge in [-0.3, -0.25) is 0 Å². The Morgan fingerprint density at radius 2 is 1.80 bits per heavy atom. The molecule has 3 heteroatoms. The first-order valence-electron chi connectivity index (χ1n) is 5.36. The Kier molecular flexibility index (Phi) is 3.79. The third kappa shape index (κ3) is 3.04. The molecule has 0 saturated heterocycles. The average Bonchev–Trinajstić information content (AvgIpc) is 2.25. The van der Waals surface area contributed by atoms with Gasteiger partial charge in [0, 0.05) is 0 Å². The second-order valence-electron chi connectivity index (χ2n) is 3.96. The van der Waals surface area contributed by atoms with Gasteiger partial charge in [-0.2, -0.15) is 0 Å². The molecule has 0 bridgehead atoms. The normalized spacial score (nSPS) is 26.5. The standard InChI is InChI=1S/C12H15FOSe/c13-9-5-7-10(8-6-9)15-12-4-2-1-3-11(12)14/h5-8,11-12,14H,1-4H2/t11-,12-/m0/s1. The quantitative estimate of drug-likeness (QED) is 0.816. The summed E-state index contributed by atoms with van der Waals surface area (Å²) in [5.41, 5.74) is 0. The Hall–Kier alpha value is -0.371. The zero-order valence-electron chi connectivity index (χ0n) is 8.53. The van der Waals surface area contributed by atoms with Gasteiger partial charge in [-0.05, 0) is 0 Å². The van der Waals surface area contributed by atoms with Crippen LogP contribution in [0.1, 0.15) is 25.7 Å². The Bertz CT molecular complexity index is 312. The zero-order valence-corrected chi connectivity index (χ0v) is 10.2. The number of hydrogen-bond acceptors (Lipinski definition) is 1. The first-order valence-corrected chi connectivity index (χ1v) is 7.20. The molecule has 15 heavy (non-hydrogen) atoms. The molecule has 1 saturated carbocycles. The van der Waals surface area contributed by atoms with Crippen LogP contribution in [0.15, 0.2) is 24.3 Å². The Morgan fingerprint density at radius 1 is 1.13 bits per heavy atom. The van der Waals surface area contributed by atoms with Crippen LogP contribution in [-0.4, -0.2) is 26.2 Å². The molecule has 1 aromatic carbocycles. The van der Waals surface area contributed by atoms with E-state index < -0.39 is 0 Å². The summed E-state index contributed by atoms with van der Waals surface area (Å²) in [6.07, 6.45) is 4.30. The molecule has 0 unspecified atom stereocenters. The monoisotopic (exact) mass is 274 g/mol. The maximum absolute atomic E-state index is 12.7. The van der Waals surface area contributed by atoms with Gasteiger partial charge < -0.3 is 0 Å². The van der Waals surface area contributed by atoms with E-state index >= 15 is 0 Å². The Balaban J connectivity index is 1.98. The molecule has 82 valence electrons. The fourth-order valence-corrected chi connectivity index (χ4v) is 4.46. The summed E-state index contributed by atoms with van der Waals surface area (Å²) in [4.78, 5) is 0.428. The van der Waals surface area contributed by atoms with E-state index in [1.165, 1.54) is 23.0 Å². The molecule has 1 aromatic rings. The first kappa shape index (κ1) is 11.1. The molecule has 0 heterocycles. The van der Waals surface area contributed by atoms with Crippen LogP contribution in [0.5, 0.6) is 0 Å². The number of benzene rings is 1. The number of aliphatic hydroxyl groups is 1. The van der Waals surface area contributed by atoms with Gasteiger partial charge in [-0.15, -0.1) is 0 Å². The maximum atomic E-state index is 12.7. The van der Waals surface area contributed by atoms with Crippen molar-refractivity contribution in [2.24, 2.45) is 0 Å². The van der Waals surface area contributed by atoms with Gasteiger partial charge in [0.05, 0.1) is 0 Å². The predicted octanol–water partition coefficient (Wildman–Crippen LogP) is 1.88. The van der Waals surface area contributed by atoms with E-state index in [1.54, 1.807) is 0 Å². The summed E-state index contributed by atoms with van der Waals surface area (Å²) in [5, 5.41) is 9.83. The molecule has 0 amide bonds. The van der Waals surface area contributed by atoms with Crippen molar-refractivity contribution in [3.8, 4) is 0 Å². The molecular formula is C12H15FOSe. The third-order valence-corrected chi connectivity index (χ3v) is 5.70. The second-order valence-corrected chi connectivity index (χ2v) is 6.72. The molecule has 0 aliphatic heterocycles. The Morgan fingerprint density at radius 3 is 2.47 bits per heavy atom. The van der Waals surface area contributed by atoms with Crippen molar-refractivity contribution in [2.45, 2.75) is 36.6 Å². The van der Waals surface area contributed by atoms with Gasteiger partial charge in [0.15, 0.2) is 0 Å². The molecule has 1 aliphatic carbocycles. The fraction of sp³-hybridized carbons (Fsp3) is 0.500. The summed E-state index contributed by atoms with van der Waals surface area (Å²) >= 11 is 0.285. The molecule has 2 atom stereocenters. The fourth-order valence-electron chi connectivity index (χ4n) is 1.90. The zero-order chi connectivity index (χ0) is 10.7. The molecule has 1 N–H and O–H groups in total. The van der Waals surface area contributed by atoms with Gasteiger partial charge >= 0.3 is 95.6 Å². The van der Waals surface area contributed by atoms with Crippen LogP contribution in [0.2, 0.25) is 4.82 Å². The second kappa shape index (κ2) is 5.11. The molecule has 0 aromatic heterocycles. The van der Waals surface area contributed by atoms with Gasteiger partial charge in [0.2, 0.25) is 0 Å². The van der Waals surface area contributed by atoms with Crippen LogP contribution >= 0.6 is 0 Å². The summed E-state index contributed by atoms with van der Waals surface area (Å²) in [7, 11) is 0. The minimum absolute atomic E-state index is 0.135. The van der Waals surface area contributed by atoms with Crippen molar-refractivity contribution in [2.75, 3.05) is 0 Å². The molecule has 2 rings (SSSR count). The van der Waals surface area contributed by atoms with E-state index in [0.29, 0.717) is 4.82 Å². The molecule has 1 nitrogen and oxygen atoms in total.